The normalized spacial score (nSPS) is 15.8. The summed E-state index contributed by atoms with van der Waals surface area (Å²) in [5.74, 6) is 0.295. The fourth-order valence-corrected chi connectivity index (χ4v) is 5.81. The molecule has 1 atom stereocenters. The number of rotatable bonds is 9. The number of methoxy groups -OCH3 is 2. The second-order valence-electron chi connectivity index (χ2n) is 7.20. The lowest BCUT2D eigenvalue weighted by Crippen LogP contribution is -2.45. The van der Waals surface area contributed by atoms with Crippen molar-refractivity contribution in [3.63, 3.8) is 0 Å². The number of hydrogen-bond acceptors (Lipinski definition) is 7. The van der Waals surface area contributed by atoms with E-state index in [9.17, 15) is 9.36 Å². The van der Waals surface area contributed by atoms with E-state index in [0.29, 0.717) is 11.5 Å². The Morgan fingerprint density at radius 3 is 2.16 bits per heavy atom. The van der Waals surface area contributed by atoms with E-state index >= 15 is 0 Å². The minimum Gasteiger partial charge on any atom is -0.493 e. The van der Waals surface area contributed by atoms with Crippen LogP contribution in [0.5, 0.6) is 11.5 Å². The zero-order valence-corrected chi connectivity index (χ0v) is 19.8. The monoisotopic (exact) mass is 463 g/mol. The third kappa shape index (κ3) is 5.26. The molecule has 32 heavy (non-hydrogen) atoms. The average molecular weight is 463 g/mol. The number of benzene rings is 2. The Balaban J connectivity index is 1.95. The van der Waals surface area contributed by atoms with E-state index in [-0.39, 0.29) is 32.8 Å². The summed E-state index contributed by atoms with van der Waals surface area (Å²) in [6, 6.07) is 13.1. The van der Waals surface area contributed by atoms with E-state index in [2.05, 4.69) is 0 Å². The molecule has 0 saturated carbocycles. The smallest absolute Gasteiger partial charge is 0.411 e. The molecule has 0 aliphatic carbocycles. The maximum Gasteiger partial charge on any atom is 0.411 e. The van der Waals surface area contributed by atoms with Gasteiger partial charge in [-0.15, -0.1) is 0 Å². The third-order valence-corrected chi connectivity index (χ3v) is 7.66. The number of amides is 1. The quantitative estimate of drug-likeness (QED) is 0.485. The zero-order chi connectivity index (χ0) is 23.1. The van der Waals surface area contributed by atoms with Crippen LogP contribution in [0.4, 0.5) is 4.79 Å². The van der Waals surface area contributed by atoms with Crippen molar-refractivity contribution < 1.29 is 32.6 Å². The summed E-state index contributed by atoms with van der Waals surface area (Å²) in [5.41, 5.74) is 2.61. The number of fused-ring (bicyclic) bond motifs is 1. The highest BCUT2D eigenvalue weighted by atomic mass is 31.2. The van der Waals surface area contributed by atoms with Gasteiger partial charge in [0.2, 0.25) is 0 Å². The van der Waals surface area contributed by atoms with Crippen molar-refractivity contribution in [1.82, 2.24) is 4.90 Å². The topological polar surface area (TPSA) is 83.5 Å². The Hall–Kier alpha value is -2.54. The van der Waals surface area contributed by atoms with Crippen LogP contribution in [0.25, 0.3) is 0 Å². The maximum absolute atomic E-state index is 13.7. The van der Waals surface area contributed by atoms with Gasteiger partial charge in [0.15, 0.2) is 11.5 Å². The number of nitrogens with zero attached hydrogens (tertiary/aromatic N) is 1. The Morgan fingerprint density at radius 1 is 1.00 bits per heavy atom. The molecule has 3 rings (SSSR count). The summed E-state index contributed by atoms with van der Waals surface area (Å²) in [4.78, 5) is 14.6. The predicted molar refractivity (Wildman–Crippen MR) is 120 cm³/mol. The Bertz CT molecular complexity index is 956. The summed E-state index contributed by atoms with van der Waals surface area (Å²) in [6.45, 7) is 4.16. The van der Waals surface area contributed by atoms with E-state index in [1.165, 1.54) is 4.90 Å². The van der Waals surface area contributed by atoms with E-state index in [4.69, 9.17) is 23.3 Å². The molecule has 0 aromatic heterocycles. The second kappa shape index (κ2) is 10.9. The lowest BCUT2D eigenvalue weighted by atomic mass is 9.99. The minimum atomic E-state index is -3.65. The van der Waals surface area contributed by atoms with Gasteiger partial charge >= 0.3 is 13.7 Å². The van der Waals surface area contributed by atoms with Gasteiger partial charge in [-0.3, -0.25) is 9.46 Å². The molecule has 2 aromatic carbocycles. The van der Waals surface area contributed by atoms with Crippen molar-refractivity contribution in [1.29, 1.82) is 0 Å². The lowest BCUT2D eigenvalue weighted by molar-refractivity contribution is 0.0767. The van der Waals surface area contributed by atoms with E-state index in [1.807, 2.05) is 42.5 Å². The highest BCUT2D eigenvalue weighted by Crippen LogP contribution is 2.57. The molecule has 0 bridgehead atoms. The van der Waals surface area contributed by atoms with Crippen LogP contribution >= 0.6 is 7.60 Å². The molecule has 0 spiro atoms. The van der Waals surface area contributed by atoms with Crippen molar-refractivity contribution >= 4 is 13.7 Å². The Labute approximate surface area is 188 Å². The number of ether oxygens (including phenoxy) is 3. The molecule has 0 N–H and O–H groups in total. The first kappa shape index (κ1) is 24.1. The molecule has 2 aromatic rings. The molecule has 174 valence electrons. The molecule has 0 fully saturated rings. The number of hydrogen-bond donors (Lipinski definition) is 0. The van der Waals surface area contributed by atoms with E-state index < -0.39 is 19.5 Å². The number of carbonyl (C=O) groups excluding carboxylic acids is 1. The molecular weight excluding hydrogens is 433 g/mol. The highest BCUT2D eigenvalue weighted by Gasteiger charge is 2.45. The molecule has 1 aliphatic heterocycles. The standard InChI is InChI=1S/C23H30NO7P/c1-5-30-32(26,31-6-2)22-14-18-12-20(27-3)21(28-4)13-19(18)15-24(22)23(25)29-16-17-10-8-7-9-11-17/h7-13,22H,5-6,14-16H2,1-4H3/t22-/m0/s1. The molecule has 0 unspecified atom stereocenters. The Morgan fingerprint density at radius 2 is 1.59 bits per heavy atom. The van der Waals surface area contributed by atoms with Crippen molar-refractivity contribution in [2.24, 2.45) is 0 Å². The first-order valence-corrected chi connectivity index (χ1v) is 12.2. The van der Waals surface area contributed by atoms with Gasteiger partial charge in [0, 0.05) is 6.42 Å². The van der Waals surface area contributed by atoms with Gasteiger partial charge in [0.25, 0.3) is 0 Å². The second-order valence-corrected chi connectivity index (χ2v) is 9.40. The first-order chi connectivity index (χ1) is 15.5. The maximum atomic E-state index is 13.7. The molecule has 0 saturated heterocycles. The minimum absolute atomic E-state index is 0.106. The lowest BCUT2D eigenvalue weighted by Gasteiger charge is -2.39. The van der Waals surface area contributed by atoms with Gasteiger partial charge < -0.3 is 23.3 Å². The van der Waals surface area contributed by atoms with Crippen LogP contribution in [0, 0.1) is 0 Å². The van der Waals surface area contributed by atoms with Gasteiger partial charge in [-0.25, -0.2) is 4.79 Å². The molecule has 1 aliphatic rings. The summed E-state index contributed by atoms with van der Waals surface area (Å²) in [5, 5.41) is 0. The summed E-state index contributed by atoms with van der Waals surface area (Å²) < 4.78 is 41.3. The number of carbonyl (C=O) groups is 1. The molecule has 8 nitrogen and oxygen atoms in total. The van der Waals surface area contributed by atoms with Crippen LogP contribution in [0.1, 0.15) is 30.5 Å². The summed E-state index contributed by atoms with van der Waals surface area (Å²) in [6.07, 6.45) is -0.313. The van der Waals surface area contributed by atoms with Gasteiger partial charge in [-0.05, 0) is 42.7 Å². The first-order valence-electron chi connectivity index (χ1n) is 10.6. The molecule has 0 radical (unpaired) electrons. The summed E-state index contributed by atoms with van der Waals surface area (Å²) in [7, 11) is -0.531. The van der Waals surface area contributed by atoms with Crippen LogP contribution in [-0.2, 0) is 37.9 Å². The van der Waals surface area contributed by atoms with Crippen LogP contribution in [0.3, 0.4) is 0 Å². The van der Waals surface area contributed by atoms with Crippen molar-refractivity contribution in [2.75, 3.05) is 27.4 Å². The molecule has 1 heterocycles. The molecule has 9 heteroatoms. The summed E-state index contributed by atoms with van der Waals surface area (Å²) >= 11 is 0. The third-order valence-electron chi connectivity index (χ3n) is 5.23. The van der Waals surface area contributed by atoms with Crippen molar-refractivity contribution in [3.05, 3.63) is 59.2 Å². The van der Waals surface area contributed by atoms with Gasteiger partial charge in [0.1, 0.15) is 12.4 Å². The fourth-order valence-electron chi connectivity index (χ4n) is 3.74. The highest BCUT2D eigenvalue weighted by molar-refractivity contribution is 7.54. The Kier molecular flexibility index (Phi) is 8.18. The van der Waals surface area contributed by atoms with E-state index in [0.717, 1.165) is 16.7 Å². The molecule has 1 amide bonds. The van der Waals surface area contributed by atoms with Gasteiger partial charge in [0.05, 0.1) is 34.0 Å². The average Bonchev–Trinajstić information content (AvgIpc) is 2.81. The largest absolute Gasteiger partial charge is 0.493 e. The van der Waals surface area contributed by atoms with Crippen LogP contribution in [0.15, 0.2) is 42.5 Å². The molecular formula is C23H30NO7P. The zero-order valence-electron chi connectivity index (χ0n) is 18.9. The van der Waals surface area contributed by atoms with Gasteiger partial charge in [-0.1, -0.05) is 30.3 Å². The van der Waals surface area contributed by atoms with Crippen molar-refractivity contribution in [2.45, 2.75) is 39.2 Å². The fraction of sp³-hybridized carbons (Fsp3) is 0.435. The van der Waals surface area contributed by atoms with Gasteiger partial charge in [-0.2, -0.15) is 0 Å². The van der Waals surface area contributed by atoms with Crippen LogP contribution < -0.4 is 9.47 Å². The predicted octanol–water partition coefficient (Wildman–Crippen LogP) is 4.99. The van der Waals surface area contributed by atoms with Crippen LogP contribution in [-0.4, -0.2) is 44.2 Å². The van der Waals surface area contributed by atoms with Crippen LogP contribution in [0.2, 0.25) is 0 Å². The van der Waals surface area contributed by atoms with E-state index in [1.54, 1.807) is 28.1 Å². The van der Waals surface area contributed by atoms with Crippen molar-refractivity contribution in [3.8, 4) is 11.5 Å². The SMILES string of the molecule is CCOP(=O)(OCC)[C@H]1Cc2cc(OC)c(OC)cc2CN1C(=O)OCc1ccccc1.